The van der Waals surface area contributed by atoms with Gasteiger partial charge in [-0.3, -0.25) is 9.47 Å². The summed E-state index contributed by atoms with van der Waals surface area (Å²) in [6, 6.07) is 14.1. The minimum atomic E-state index is -0.279. The predicted octanol–water partition coefficient (Wildman–Crippen LogP) is 2.99. The molecule has 0 N–H and O–H groups in total. The molecule has 5 nitrogen and oxygen atoms in total. The van der Waals surface area contributed by atoms with Crippen LogP contribution in [0.1, 0.15) is 11.1 Å². The monoisotopic (exact) mass is 337 g/mol. The van der Waals surface area contributed by atoms with Gasteiger partial charge in [0.2, 0.25) is 0 Å². The highest BCUT2D eigenvalue weighted by atomic mass is 16.4. The molecule has 0 unspecified atom stereocenters. The van der Waals surface area contributed by atoms with Gasteiger partial charge in [0.15, 0.2) is 5.58 Å². The Kier molecular flexibility index (Phi) is 4.09. The zero-order valence-electron chi connectivity index (χ0n) is 14.7. The number of piperazine rings is 1. The van der Waals surface area contributed by atoms with Gasteiger partial charge >= 0.3 is 5.76 Å². The Hall–Kier alpha value is -2.53. The lowest BCUT2D eigenvalue weighted by atomic mass is 10.1. The van der Waals surface area contributed by atoms with E-state index in [4.69, 9.17) is 4.42 Å². The van der Waals surface area contributed by atoms with Crippen molar-refractivity contribution in [1.29, 1.82) is 0 Å². The van der Waals surface area contributed by atoms with Crippen LogP contribution in [0.5, 0.6) is 0 Å². The van der Waals surface area contributed by atoms with Gasteiger partial charge in [0.25, 0.3) is 0 Å². The van der Waals surface area contributed by atoms with Gasteiger partial charge in [0.05, 0.1) is 12.2 Å². The van der Waals surface area contributed by atoms with Gasteiger partial charge in [-0.15, -0.1) is 0 Å². The van der Waals surface area contributed by atoms with Crippen LogP contribution in [0.25, 0.3) is 11.1 Å². The van der Waals surface area contributed by atoms with Crippen molar-refractivity contribution < 1.29 is 4.42 Å². The number of hydrogen-bond donors (Lipinski definition) is 0. The lowest BCUT2D eigenvalue weighted by Crippen LogP contribution is -2.47. The third kappa shape index (κ3) is 2.96. The highest BCUT2D eigenvalue weighted by molar-refractivity contribution is 5.72. The number of oxazole rings is 1. The molecule has 0 radical (unpaired) electrons. The second kappa shape index (κ2) is 6.41. The van der Waals surface area contributed by atoms with Gasteiger partial charge in [-0.25, -0.2) is 4.79 Å². The van der Waals surface area contributed by atoms with Gasteiger partial charge in [-0.05, 0) is 43.2 Å². The average Bonchev–Trinajstić information content (AvgIpc) is 2.94. The summed E-state index contributed by atoms with van der Waals surface area (Å²) in [5.41, 5.74) is 5.53. The van der Waals surface area contributed by atoms with E-state index in [1.165, 1.54) is 16.8 Å². The zero-order chi connectivity index (χ0) is 17.4. The van der Waals surface area contributed by atoms with E-state index in [0.717, 1.165) is 31.7 Å². The van der Waals surface area contributed by atoms with Crippen LogP contribution in [0.4, 0.5) is 5.69 Å². The first-order chi connectivity index (χ1) is 12.1. The number of aromatic nitrogens is 1. The molecular weight excluding hydrogens is 314 g/mol. The van der Waals surface area contributed by atoms with E-state index in [1.807, 2.05) is 24.3 Å². The number of aryl methyl sites for hydroxylation is 1. The van der Waals surface area contributed by atoms with Crippen molar-refractivity contribution in [3.63, 3.8) is 0 Å². The molecule has 2 heterocycles. The SMILES string of the molecule is Cc1cccc(N2CCN(Cn3c(=O)oc4ccccc43)CC2)c1C. The summed E-state index contributed by atoms with van der Waals surface area (Å²) in [7, 11) is 0. The summed E-state index contributed by atoms with van der Waals surface area (Å²) in [6.45, 7) is 8.72. The average molecular weight is 337 g/mol. The van der Waals surface area contributed by atoms with Gasteiger partial charge in [-0.2, -0.15) is 0 Å². The first-order valence-corrected chi connectivity index (χ1v) is 8.75. The molecule has 1 aliphatic rings. The Balaban J connectivity index is 1.48. The van der Waals surface area contributed by atoms with E-state index in [9.17, 15) is 4.79 Å². The maximum Gasteiger partial charge on any atom is 0.421 e. The molecule has 25 heavy (non-hydrogen) atoms. The van der Waals surface area contributed by atoms with Crippen molar-refractivity contribution in [2.75, 3.05) is 31.1 Å². The van der Waals surface area contributed by atoms with Crippen molar-refractivity contribution in [2.24, 2.45) is 0 Å². The number of para-hydroxylation sites is 2. The van der Waals surface area contributed by atoms with Crippen LogP contribution in [0, 0.1) is 13.8 Å². The van der Waals surface area contributed by atoms with Crippen molar-refractivity contribution in [3.8, 4) is 0 Å². The third-order valence-corrected chi connectivity index (χ3v) is 5.20. The highest BCUT2D eigenvalue weighted by Gasteiger charge is 2.20. The van der Waals surface area contributed by atoms with Crippen LogP contribution in [0.15, 0.2) is 51.7 Å². The number of fused-ring (bicyclic) bond motifs is 1. The van der Waals surface area contributed by atoms with Gasteiger partial charge < -0.3 is 9.32 Å². The van der Waals surface area contributed by atoms with Gasteiger partial charge in [-0.1, -0.05) is 24.3 Å². The lowest BCUT2D eigenvalue weighted by Gasteiger charge is -2.37. The summed E-state index contributed by atoms with van der Waals surface area (Å²) in [5, 5.41) is 0. The number of benzene rings is 2. The Labute approximate surface area is 147 Å². The normalized spacial score (nSPS) is 15.8. The second-order valence-corrected chi connectivity index (χ2v) is 6.73. The lowest BCUT2D eigenvalue weighted by molar-refractivity contribution is 0.202. The summed E-state index contributed by atoms with van der Waals surface area (Å²) >= 11 is 0. The first kappa shape index (κ1) is 16.0. The highest BCUT2D eigenvalue weighted by Crippen LogP contribution is 2.24. The number of rotatable bonds is 3. The van der Waals surface area contributed by atoms with E-state index in [2.05, 4.69) is 41.8 Å². The van der Waals surface area contributed by atoms with Crippen LogP contribution >= 0.6 is 0 Å². The molecule has 4 rings (SSSR count). The maximum absolute atomic E-state index is 12.1. The van der Waals surface area contributed by atoms with Crippen LogP contribution in [-0.2, 0) is 6.67 Å². The van der Waals surface area contributed by atoms with E-state index < -0.39 is 0 Å². The van der Waals surface area contributed by atoms with Crippen molar-refractivity contribution >= 4 is 16.8 Å². The topological polar surface area (TPSA) is 41.6 Å². The molecule has 2 aromatic carbocycles. The molecule has 0 amide bonds. The van der Waals surface area contributed by atoms with Crippen molar-refractivity contribution in [1.82, 2.24) is 9.47 Å². The summed E-state index contributed by atoms with van der Waals surface area (Å²) in [5.74, 6) is -0.279. The molecule has 0 atom stereocenters. The summed E-state index contributed by atoms with van der Waals surface area (Å²) < 4.78 is 7.06. The van der Waals surface area contributed by atoms with E-state index in [-0.39, 0.29) is 5.76 Å². The van der Waals surface area contributed by atoms with Gasteiger partial charge in [0, 0.05) is 31.9 Å². The second-order valence-electron chi connectivity index (χ2n) is 6.73. The summed E-state index contributed by atoms with van der Waals surface area (Å²) in [6.07, 6.45) is 0. The Morgan fingerprint density at radius 3 is 2.52 bits per heavy atom. The minimum Gasteiger partial charge on any atom is -0.408 e. The molecule has 0 saturated carbocycles. The molecule has 0 spiro atoms. The van der Waals surface area contributed by atoms with Crippen LogP contribution < -0.4 is 10.7 Å². The summed E-state index contributed by atoms with van der Waals surface area (Å²) in [4.78, 5) is 16.9. The number of nitrogens with zero attached hydrogens (tertiary/aromatic N) is 3. The van der Waals surface area contributed by atoms with Gasteiger partial charge in [0.1, 0.15) is 0 Å². The van der Waals surface area contributed by atoms with Crippen LogP contribution in [0.2, 0.25) is 0 Å². The Bertz CT molecular complexity index is 949. The predicted molar refractivity (Wildman–Crippen MR) is 100 cm³/mol. The molecule has 1 fully saturated rings. The fourth-order valence-electron chi connectivity index (χ4n) is 3.56. The van der Waals surface area contributed by atoms with E-state index >= 15 is 0 Å². The fourth-order valence-corrected chi connectivity index (χ4v) is 3.56. The molecular formula is C20H23N3O2. The van der Waals surface area contributed by atoms with Crippen molar-refractivity contribution in [2.45, 2.75) is 20.5 Å². The fraction of sp³-hybridized carbons (Fsp3) is 0.350. The molecule has 0 bridgehead atoms. The maximum atomic E-state index is 12.1. The van der Waals surface area contributed by atoms with E-state index in [0.29, 0.717) is 12.3 Å². The largest absolute Gasteiger partial charge is 0.421 e. The number of hydrogen-bond acceptors (Lipinski definition) is 4. The molecule has 1 aliphatic heterocycles. The van der Waals surface area contributed by atoms with E-state index in [1.54, 1.807) is 4.57 Å². The number of anilines is 1. The minimum absolute atomic E-state index is 0.279. The standard InChI is InChI=1S/C20H23N3O2/c1-15-6-5-8-17(16(15)2)22-12-10-21(11-13-22)14-23-18-7-3-4-9-19(18)25-20(23)24/h3-9H,10-14H2,1-2H3. The molecule has 3 aromatic rings. The molecule has 1 aromatic heterocycles. The Morgan fingerprint density at radius 2 is 1.72 bits per heavy atom. The van der Waals surface area contributed by atoms with Crippen LogP contribution in [-0.4, -0.2) is 35.6 Å². The molecule has 1 saturated heterocycles. The molecule has 0 aliphatic carbocycles. The third-order valence-electron chi connectivity index (χ3n) is 5.20. The smallest absolute Gasteiger partial charge is 0.408 e. The molecule has 130 valence electrons. The van der Waals surface area contributed by atoms with Crippen molar-refractivity contribution in [3.05, 3.63) is 64.1 Å². The molecule has 5 heteroatoms. The zero-order valence-corrected chi connectivity index (χ0v) is 14.7. The Morgan fingerprint density at radius 1 is 0.960 bits per heavy atom. The quantitative estimate of drug-likeness (QED) is 0.737. The first-order valence-electron chi connectivity index (χ1n) is 8.75. The van der Waals surface area contributed by atoms with Crippen LogP contribution in [0.3, 0.4) is 0 Å².